The molecule has 2 aromatic rings. The first kappa shape index (κ1) is 15.0. The zero-order chi connectivity index (χ0) is 14.9. The Hall–Kier alpha value is -1.44. The molecule has 0 amide bonds. The SMILES string of the molecule is O=S(=O)(Nc1cc(F)ccc1F)c1cnc(Cl)c(Cl)c1. The van der Waals surface area contributed by atoms with Gasteiger partial charge in [-0.2, -0.15) is 0 Å². The summed E-state index contributed by atoms with van der Waals surface area (Å²) < 4.78 is 52.3. The molecule has 0 spiro atoms. The van der Waals surface area contributed by atoms with Crippen molar-refractivity contribution < 1.29 is 17.2 Å². The molecule has 1 heterocycles. The summed E-state index contributed by atoms with van der Waals surface area (Å²) in [5.41, 5.74) is -0.518. The highest BCUT2D eigenvalue weighted by atomic mass is 35.5. The summed E-state index contributed by atoms with van der Waals surface area (Å²) >= 11 is 11.2. The molecule has 2 rings (SSSR count). The maximum Gasteiger partial charge on any atom is 0.263 e. The number of benzene rings is 1. The fraction of sp³-hybridized carbons (Fsp3) is 0. The highest BCUT2D eigenvalue weighted by Crippen LogP contribution is 2.24. The first-order chi connectivity index (χ1) is 9.29. The van der Waals surface area contributed by atoms with Crippen molar-refractivity contribution in [1.82, 2.24) is 4.98 Å². The second-order valence-corrected chi connectivity index (χ2v) is 6.12. The van der Waals surface area contributed by atoms with Crippen LogP contribution in [0.3, 0.4) is 0 Å². The van der Waals surface area contributed by atoms with Gasteiger partial charge in [-0.15, -0.1) is 0 Å². The molecule has 4 nitrogen and oxygen atoms in total. The molecule has 0 bridgehead atoms. The Bertz CT molecular complexity index is 769. The zero-order valence-electron chi connectivity index (χ0n) is 9.57. The van der Waals surface area contributed by atoms with Crippen molar-refractivity contribution in [2.45, 2.75) is 4.90 Å². The van der Waals surface area contributed by atoms with Gasteiger partial charge in [-0.05, 0) is 18.2 Å². The monoisotopic (exact) mass is 338 g/mol. The van der Waals surface area contributed by atoms with Crippen LogP contribution in [0.5, 0.6) is 0 Å². The summed E-state index contributed by atoms with van der Waals surface area (Å²) in [6.45, 7) is 0. The number of rotatable bonds is 3. The Labute approximate surface area is 123 Å². The molecule has 0 radical (unpaired) electrons. The summed E-state index contributed by atoms with van der Waals surface area (Å²) in [5.74, 6) is -1.70. The van der Waals surface area contributed by atoms with Crippen molar-refractivity contribution in [2.75, 3.05) is 4.72 Å². The summed E-state index contributed by atoms with van der Waals surface area (Å²) in [7, 11) is -4.15. The average Bonchev–Trinajstić information content (AvgIpc) is 2.36. The van der Waals surface area contributed by atoms with E-state index in [4.69, 9.17) is 23.2 Å². The van der Waals surface area contributed by atoms with Gasteiger partial charge in [-0.1, -0.05) is 23.2 Å². The van der Waals surface area contributed by atoms with E-state index < -0.39 is 27.3 Å². The summed E-state index contributed by atoms with van der Waals surface area (Å²) in [6, 6.07) is 3.45. The lowest BCUT2D eigenvalue weighted by Crippen LogP contribution is -2.14. The van der Waals surface area contributed by atoms with Gasteiger partial charge < -0.3 is 0 Å². The number of hydrogen-bond donors (Lipinski definition) is 1. The van der Waals surface area contributed by atoms with Gasteiger partial charge in [0.25, 0.3) is 10.0 Å². The van der Waals surface area contributed by atoms with E-state index in [0.717, 1.165) is 30.5 Å². The Morgan fingerprint density at radius 1 is 1.15 bits per heavy atom. The topological polar surface area (TPSA) is 59.1 Å². The molecule has 0 fully saturated rings. The fourth-order valence-corrected chi connectivity index (χ4v) is 2.69. The minimum atomic E-state index is -4.15. The molecule has 0 saturated carbocycles. The van der Waals surface area contributed by atoms with E-state index in [2.05, 4.69) is 4.98 Å². The van der Waals surface area contributed by atoms with Crippen LogP contribution in [0, 0.1) is 11.6 Å². The van der Waals surface area contributed by atoms with Gasteiger partial charge in [0.05, 0.1) is 10.7 Å². The van der Waals surface area contributed by atoms with E-state index >= 15 is 0 Å². The summed E-state index contributed by atoms with van der Waals surface area (Å²) in [4.78, 5) is 3.25. The largest absolute Gasteiger partial charge is 0.276 e. The Morgan fingerprint density at radius 2 is 1.85 bits per heavy atom. The van der Waals surface area contributed by atoms with E-state index in [1.807, 2.05) is 4.72 Å². The third-order valence-corrected chi connectivity index (χ3v) is 4.27. The first-order valence-corrected chi connectivity index (χ1v) is 7.32. The first-order valence-electron chi connectivity index (χ1n) is 5.08. The third-order valence-electron chi connectivity index (χ3n) is 2.25. The molecular weight excluding hydrogens is 333 g/mol. The average molecular weight is 339 g/mol. The third kappa shape index (κ3) is 3.17. The van der Waals surface area contributed by atoms with Crippen LogP contribution in [-0.2, 0) is 10.0 Å². The zero-order valence-corrected chi connectivity index (χ0v) is 11.9. The number of nitrogens with one attached hydrogen (secondary N) is 1. The molecule has 0 aliphatic rings. The van der Waals surface area contributed by atoms with Crippen molar-refractivity contribution in [3.05, 3.63) is 52.3 Å². The van der Waals surface area contributed by atoms with Gasteiger partial charge in [0.1, 0.15) is 21.7 Å². The number of hydrogen-bond acceptors (Lipinski definition) is 3. The maximum absolute atomic E-state index is 13.4. The Balaban J connectivity index is 2.40. The predicted molar refractivity (Wildman–Crippen MR) is 71.4 cm³/mol. The predicted octanol–water partition coefficient (Wildman–Crippen LogP) is 3.47. The molecule has 0 unspecified atom stereocenters. The number of pyridine rings is 1. The van der Waals surface area contributed by atoms with Crippen molar-refractivity contribution >= 4 is 38.9 Å². The van der Waals surface area contributed by atoms with Gasteiger partial charge >= 0.3 is 0 Å². The van der Waals surface area contributed by atoms with Crippen LogP contribution in [0.1, 0.15) is 0 Å². The van der Waals surface area contributed by atoms with Crippen LogP contribution >= 0.6 is 23.2 Å². The standard InChI is InChI=1S/C11H6Cl2F2N2O2S/c12-8-4-7(5-16-11(8)13)20(18,19)17-10-3-6(14)1-2-9(10)15/h1-5,17H. The minimum absolute atomic E-state index is 0.0671. The minimum Gasteiger partial charge on any atom is -0.276 e. The van der Waals surface area contributed by atoms with E-state index in [1.54, 1.807) is 0 Å². The summed E-state index contributed by atoms with van der Waals surface area (Å²) in [6.07, 6.45) is 0.952. The normalized spacial score (nSPS) is 11.4. The number of sulfonamides is 1. The number of nitrogens with zero attached hydrogens (tertiary/aromatic N) is 1. The van der Waals surface area contributed by atoms with Crippen molar-refractivity contribution in [1.29, 1.82) is 0 Å². The fourth-order valence-electron chi connectivity index (χ4n) is 1.33. The van der Waals surface area contributed by atoms with Crippen molar-refractivity contribution in [2.24, 2.45) is 0 Å². The second-order valence-electron chi connectivity index (χ2n) is 3.67. The molecule has 0 atom stereocenters. The number of aromatic nitrogens is 1. The van der Waals surface area contributed by atoms with Crippen LogP contribution < -0.4 is 4.72 Å². The lowest BCUT2D eigenvalue weighted by Gasteiger charge is -2.09. The molecule has 1 aromatic heterocycles. The molecule has 1 N–H and O–H groups in total. The van der Waals surface area contributed by atoms with Gasteiger partial charge in [0.15, 0.2) is 0 Å². The summed E-state index contributed by atoms with van der Waals surface area (Å²) in [5, 5.41) is -0.142. The molecular formula is C11H6Cl2F2N2O2S. The molecule has 1 aromatic carbocycles. The van der Waals surface area contributed by atoms with E-state index in [9.17, 15) is 17.2 Å². The quantitative estimate of drug-likeness (QED) is 0.871. The van der Waals surface area contributed by atoms with Crippen molar-refractivity contribution in [3.63, 3.8) is 0 Å². The van der Waals surface area contributed by atoms with E-state index in [1.165, 1.54) is 0 Å². The smallest absolute Gasteiger partial charge is 0.263 e. The number of halogens is 4. The lowest BCUT2D eigenvalue weighted by atomic mass is 10.3. The molecule has 0 aliphatic heterocycles. The van der Waals surface area contributed by atoms with Crippen molar-refractivity contribution in [3.8, 4) is 0 Å². The highest BCUT2D eigenvalue weighted by molar-refractivity contribution is 7.92. The maximum atomic E-state index is 13.4. The van der Waals surface area contributed by atoms with Gasteiger partial charge in [-0.25, -0.2) is 22.2 Å². The molecule has 20 heavy (non-hydrogen) atoms. The van der Waals surface area contributed by atoms with E-state index in [-0.39, 0.29) is 15.1 Å². The second kappa shape index (κ2) is 5.51. The van der Waals surface area contributed by atoms with Crippen LogP contribution in [0.25, 0.3) is 0 Å². The molecule has 0 saturated heterocycles. The molecule has 106 valence electrons. The van der Waals surface area contributed by atoms with Gasteiger partial charge in [0, 0.05) is 12.3 Å². The van der Waals surface area contributed by atoms with Crippen LogP contribution in [0.15, 0.2) is 35.4 Å². The Morgan fingerprint density at radius 3 is 2.50 bits per heavy atom. The van der Waals surface area contributed by atoms with Crippen LogP contribution in [0.2, 0.25) is 10.2 Å². The lowest BCUT2D eigenvalue weighted by molar-refractivity contribution is 0.594. The molecule has 9 heteroatoms. The van der Waals surface area contributed by atoms with Gasteiger partial charge in [-0.3, -0.25) is 4.72 Å². The van der Waals surface area contributed by atoms with E-state index in [0.29, 0.717) is 0 Å². The number of anilines is 1. The van der Waals surface area contributed by atoms with Crippen LogP contribution in [-0.4, -0.2) is 13.4 Å². The molecule has 0 aliphatic carbocycles. The van der Waals surface area contributed by atoms with Crippen LogP contribution in [0.4, 0.5) is 14.5 Å². The van der Waals surface area contributed by atoms with Gasteiger partial charge in [0.2, 0.25) is 0 Å². The highest BCUT2D eigenvalue weighted by Gasteiger charge is 2.18. The Kier molecular flexibility index (Phi) is 4.12.